The highest BCUT2D eigenvalue weighted by molar-refractivity contribution is 5.69. The van der Waals surface area contributed by atoms with Crippen LogP contribution in [0.4, 0.5) is 0 Å². The molecule has 0 rings (SSSR count). The summed E-state index contributed by atoms with van der Waals surface area (Å²) in [5, 5.41) is 0. The Balaban J connectivity index is 5.47. The maximum atomic E-state index is 13.6. The van der Waals surface area contributed by atoms with Crippen molar-refractivity contribution in [3.8, 4) is 0 Å². The Hall–Kier alpha value is -0.530. The first-order valence-electron chi connectivity index (χ1n) is 20.8. The van der Waals surface area contributed by atoms with Gasteiger partial charge in [0, 0.05) is 6.42 Å². The molecule has 0 fully saturated rings. The van der Waals surface area contributed by atoms with Gasteiger partial charge in [-0.05, 0) is 50.9 Å². The lowest BCUT2D eigenvalue weighted by atomic mass is 9.73. The first-order valence-corrected chi connectivity index (χ1v) is 20.8. The molecule has 0 saturated carbocycles. The van der Waals surface area contributed by atoms with Crippen molar-refractivity contribution in [2.24, 2.45) is 5.92 Å². The van der Waals surface area contributed by atoms with Gasteiger partial charge in [0.2, 0.25) is 0 Å². The molecule has 0 aliphatic rings. The molecular weight excluding hydrogens is 536 g/mol. The number of hydrogen-bond acceptors (Lipinski definition) is 2. The molecule has 0 aromatic rings. The maximum absolute atomic E-state index is 13.6. The molecule has 0 spiro atoms. The number of ether oxygens (including phenoxy) is 1. The molecule has 0 saturated heterocycles. The van der Waals surface area contributed by atoms with Gasteiger partial charge >= 0.3 is 5.97 Å². The summed E-state index contributed by atoms with van der Waals surface area (Å²) < 4.78 is 6.87. The minimum absolute atomic E-state index is 0.117. The number of esters is 1. The van der Waals surface area contributed by atoms with Crippen LogP contribution in [0.25, 0.3) is 0 Å². The molecule has 264 valence electrons. The van der Waals surface area contributed by atoms with Crippen LogP contribution < -0.4 is 0 Å². The third kappa shape index (κ3) is 25.6. The molecule has 0 aliphatic heterocycles. The van der Waals surface area contributed by atoms with Gasteiger partial charge in [-0.15, -0.1) is 0 Å². The van der Waals surface area contributed by atoms with E-state index in [0.717, 1.165) is 19.3 Å². The molecule has 1 atom stereocenters. The smallest absolute Gasteiger partial charge is 0.306 e. The fraction of sp³-hybridized carbons (Fsp3) is 0.976. The monoisotopic (exact) mass is 621 g/mol. The van der Waals surface area contributed by atoms with Crippen molar-refractivity contribution in [1.29, 1.82) is 0 Å². The Kier molecular flexibility index (Phi) is 33.4. The van der Waals surface area contributed by atoms with Gasteiger partial charge < -0.3 is 4.74 Å². The summed E-state index contributed by atoms with van der Waals surface area (Å²) >= 11 is 0. The maximum Gasteiger partial charge on any atom is 0.306 e. The summed E-state index contributed by atoms with van der Waals surface area (Å²) in [5.41, 5.74) is -0.231. The molecule has 0 aromatic carbocycles. The summed E-state index contributed by atoms with van der Waals surface area (Å²) in [4.78, 5) is 13.6. The molecule has 0 radical (unpaired) electrons. The normalized spacial score (nSPS) is 12.6. The molecule has 2 heteroatoms. The molecular formula is C42H84O2. The number of unbranched alkanes of at least 4 members (excludes halogenated alkanes) is 24. The topological polar surface area (TPSA) is 26.3 Å². The van der Waals surface area contributed by atoms with Gasteiger partial charge in [-0.2, -0.15) is 0 Å². The second-order valence-electron chi connectivity index (χ2n) is 14.5. The largest absolute Gasteiger partial charge is 0.459 e. The highest BCUT2D eigenvalue weighted by Gasteiger charge is 2.40. The Morgan fingerprint density at radius 2 is 0.705 bits per heavy atom. The lowest BCUT2D eigenvalue weighted by molar-refractivity contribution is -0.171. The minimum Gasteiger partial charge on any atom is -0.459 e. The van der Waals surface area contributed by atoms with Crippen molar-refractivity contribution in [1.82, 2.24) is 0 Å². The Labute approximate surface area is 279 Å². The van der Waals surface area contributed by atoms with Crippen LogP contribution in [0.1, 0.15) is 253 Å². The van der Waals surface area contributed by atoms with Crippen LogP contribution >= 0.6 is 0 Å². The third-order valence-electron chi connectivity index (χ3n) is 10.3. The molecule has 0 heterocycles. The zero-order valence-electron chi connectivity index (χ0n) is 31.4. The quantitative estimate of drug-likeness (QED) is 0.0514. The fourth-order valence-corrected chi connectivity index (χ4v) is 7.29. The first kappa shape index (κ1) is 43.5. The van der Waals surface area contributed by atoms with Gasteiger partial charge in [0.1, 0.15) is 5.60 Å². The van der Waals surface area contributed by atoms with Crippen molar-refractivity contribution in [3.05, 3.63) is 0 Å². The second-order valence-corrected chi connectivity index (χ2v) is 14.5. The second kappa shape index (κ2) is 33.8. The lowest BCUT2D eigenvalue weighted by Gasteiger charge is -2.41. The standard InChI is InChI=1S/C42H84O2/c1-6-11-16-21-23-24-25-27-28-31-36-40(35-30-18-13-8-3)42(38-33-19-14-9-4,39-34-20-15-10-5)44-41(43)37-32-29-26-22-17-12-7-2/h40H,6-39H2,1-5H3. The first-order chi connectivity index (χ1) is 21.6. The van der Waals surface area contributed by atoms with E-state index in [0.29, 0.717) is 12.3 Å². The molecule has 44 heavy (non-hydrogen) atoms. The number of rotatable bonds is 36. The van der Waals surface area contributed by atoms with Crippen molar-refractivity contribution in [3.63, 3.8) is 0 Å². The molecule has 0 bridgehead atoms. The average molecular weight is 621 g/mol. The predicted molar refractivity (Wildman–Crippen MR) is 198 cm³/mol. The van der Waals surface area contributed by atoms with Crippen molar-refractivity contribution >= 4 is 5.97 Å². The molecule has 1 unspecified atom stereocenters. The van der Waals surface area contributed by atoms with E-state index in [9.17, 15) is 4.79 Å². The van der Waals surface area contributed by atoms with Crippen LogP contribution in [-0.2, 0) is 9.53 Å². The van der Waals surface area contributed by atoms with Crippen LogP contribution in [0.5, 0.6) is 0 Å². The molecule has 0 aliphatic carbocycles. The van der Waals surface area contributed by atoms with Gasteiger partial charge in [-0.1, -0.05) is 202 Å². The summed E-state index contributed by atoms with van der Waals surface area (Å²) in [6.45, 7) is 11.5. The Bertz CT molecular complexity index is 558. The summed E-state index contributed by atoms with van der Waals surface area (Å²) in [6, 6.07) is 0. The summed E-state index contributed by atoms with van der Waals surface area (Å²) in [5.74, 6) is 0.654. The fourth-order valence-electron chi connectivity index (χ4n) is 7.29. The minimum atomic E-state index is -0.231. The number of hydrogen-bond donors (Lipinski definition) is 0. The van der Waals surface area contributed by atoms with E-state index in [2.05, 4.69) is 34.6 Å². The van der Waals surface area contributed by atoms with E-state index in [-0.39, 0.29) is 11.6 Å². The van der Waals surface area contributed by atoms with Crippen LogP contribution in [-0.4, -0.2) is 11.6 Å². The highest BCUT2D eigenvalue weighted by Crippen LogP contribution is 2.41. The SMILES string of the molecule is CCCCCCCCCCCCC(CCCCCC)C(CCCCCC)(CCCCCC)OC(=O)CCCCCCCCC. The Morgan fingerprint density at radius 1 is 0.409 bits per heavy atom. The van der Waals surface area contributed by atoms with Crippen LogP contribution in [0.2, 0.25) is 0 Å². The zero-order valence-corrected chi connectivity index (χ0v) is 31.4. The Morgan fingerprint density at radius 3 is 1.09 bits per heavy atom. The van der Waals surface area contributed by atoms with Crippen LogP contribution in [0.3, 0.4) is 0 Å². The van der Waals surface area contributed by atoms with Gasteiger partial charge in [-0.3, -0.25) is 4.79 Å². The molecule has 0 amide bonds. The van der Waals surface area contributed by atoms with E-state index in [1.165, 1.54) is 193 Å². The van der Waals surface area contributed by atoms with E-state index in [1.807, 2.05) is 0 Å². The van der Waals surface area contributed by atoms with Crippen LogP contribution in [0.15, 0.2) is 0 Å². The van der Waals surface area contributed by atoms with E-state index < -0.39 is 0 Å². The van der Waals surface area contributed by atoms with Gasteiger partial charge in [0.25, 0.3) is 0 Å². The zero-order chi connectivity index (χ0) is 32.4. The summed E-state index contributed by atoms with van der Waals surface area (Å²) in [6.07, 6.45) is 43.4. The van der Waals surface area contributed by atoms with E-state index >= 15 is 0 Å². The van der Waals surface area contributed by atoms with Crippen molar-refractivity contribution < 1.29 is 9.53 Å². The molecule has 0 aromatic heterocycles. The molecule has 2 nitrogen and oxygen atoms in total. The number of carbonyl (C=O) groups excluding carboxylic acids is 1. The van der Waals surface area contributed by atoms with Gasteiger partial charge in [0.15, 0.2) is 0 Å². The highest BCUT2D eigenvalue weighted by atomic mass is 16.6. The van der Waals surface area contributed by atoms with Gasteiger partial charge in [-0.25, -0.2) is 0 Å². The third-order valence-corrected chi connectivity index (χ3v) is 10.3. The lowest BCUT2D eigenvalue weighted by Crippen LogP contribution is -2.43. The van der Waals surface area contributed by atoms with Crippen molar-refractivity contribution in [2.75, 3.05) is 0 Å². The number of carbonyl (C=O) groups is 1. The van der Waals surface area contributed by atoms with E-state index in [1.54, 1.807) is 0 Å². The molecule has 0 N–H and O–H groups in total. The summed E-state index contributed by atoms with van der Waals surface area (Å²) in [7, 11) is 0. The van der Waals surface area contributed by atoms with Crippen molar-refractivity contribution in [2.45, 2.75) is 259 Å². The van der Waals surface area contributed by atoms with E-state index in [4.69, 9.17) is 4.74 Å². The van der Waals surface area contributed by atoms with Crippen LogP contribution in [0, 0.1) is 5.92 Å². The van der Waals surface area contributed by atoms with Gasteiger partial charge in [0.05, 0.1) is 0 Å². The predicted octanol–water partition coefficient (Wildman–Crippen LogP) is 15.2. The average Bonchev–Trinajstić information content (AvgIpc) is 3.02.